The van der Waals surface area contributed by atoms with Crippen LogP contribution in [0.4, 0.5) is 17.1 Å². The molecule has 3 N–H and O–H groups in total. The zero-order valence-corrected chi connectivity index (χ0v) is 15.2. The van der Waals surface area contributed by atoms with Crippen LogP contribution in [-0.4, -0.2) is 18.4 Å². The number of aryl methyl sites for hydroxylation is 3. The summed E-state index contributed by atoms with van der Waals surface area (Å²) in [6.45, 7) is 7.85. The molecule has 2 aromatic rings. The van der Waals surface area contributed by atoms with E-state index in [-0.39, 0.29) is 18.4 Å². The first-order valence-corrected chi connectivity index (χ1v) is 8.40. The van der Waals surface area contributed by atoms with Gasteiger partial charge in [0.2, 0.25) is 11.8 Å². The van der Waals surface area contributed by atoms with Gasteiger partial charge in [0.05, 0.1) is 6.54 Å². The molecule has 0 spiro atoms. The lowest BCUT2D eigenvalue weighted by Crippen LogP contribution is -2.22. The summed E-state index contributed by atoms with van der Waals surface area (Å²) in [4.78, 5) is 23.8. The molecule has 2 rings (SSSR count). The van der Waals surface area contributed by atoms with Crippen molar-refractivity contribution in [2.75, 3.05) is 22.5 Å². The molecule has 25 heavy (non-hydrogen) atoms. The Morgan fingerprint density at radius 3 is 2.12 bits per heavy atom. The van der Waals surface area contributed by atoms with Crippen LogP contribution in [-0.2, 0) is 9.59 Å². The number of carbonyl (C=O) groups excluding carboxylic acids is 2. The fraction of sp³-hybridized carbons (Fsp3) is 0.300. The molecule has 0 atom stereocenters. The Kier molecular flexibility index (Phi) is 6.17. The number of benzene rings is 2. The molecular weight excluding hydrogens is 314 g/mol. The van der Waals surface area contributed by atoms with Gasteiger partial charge in [0, 0.05) is 23.5 Å². The Labute approximate surface area is 148 Å². The van der Waals surface area contributed by atoms with Crippen molar-refractivity contribution in [3.8, 4) is 0 Å². The van der Waals surface area contributed by atoms with Crippen molar-refractivity contribution in [2.24, 2.45) is 0 Å². The molecular formula is C20H25N3O2. The lowest BCUT2D eigenvalue weighted by molar-refractivity contribution is -0.116. The van der Waals surface area contributed by atoms with E-state index in [1.807, 2.05) is 64.1 Å². The molecule has 0 aliphatic heterocycles. The molecule has 0 bridgehead atoms. The third-order valence-electron chi connectivity index (χ3n) is 3.95. The molecule has 0 saturated carbocycles. The normalized spacial score (nSPS) is 10.2. The van der Waals surface area contributed by atoms with Crippen LogP contribution in [0.15, 0.2) is 36.4 Å². The SMILES string of the molecule is CCC(=O)Nc1cc(NCC(=O)Nc2cc(C)ccc2C)ccc1C. The van der Waals surface area contributed by atoms with Gasteiger partial charge in [-0.3, -0.25) is 9.59 Å². The average molecular weight is 339 g/mol. The van der Waals surface area contributed by atoms with Crippen LogP contribution in [0.1, 0.15) is 30.0 Å². The van der Waals surface area contributed by atoms with Gasteiger partial charge in [-0.25, -0.2) is 0 Å². The zero-order chi connectivity index (χ0) is 18.4. The van der Waals surface area contributed by atoms with Crippen LogP contribution >= 0.6 is 0 Å². The predicted octanol–water partition coefficient (Wildman–Crippen LogP) is 4.01. The second-order valence-electron chi connectivity index (χ2n) is 6.15. The lowest BCUT2D eigenvalue weighted by Gasteiger charge is -2.13. The van der Waals surface area contributed by atoms with Crippen LogP contribution in [0.3, 0.4) is 0 Å². The fourth-order valence-corrected chi connectivity index (χ4v) is 2.35. The third-order valence-corrected chi connectivity index (χ3v) is 3.95. The first-order valence-electron chi connectivity index (χ1n) is 8.40. The van der Waals surface area contributed by atoms with Crippen molar-refractivity contribution >= 4 is 28.9 Å². The number of hydrogen-bond donors (Lipinski definition) is 3. The standard InChI is InChI=1S/C20H25N3O2/c1-5-19(24)22-18-11-16(9-8-15(18)4)21-12-20(25)23-17-10-13(2)6-7-14(17)3/h6-11,21H,5,12H2,1-4H3,(H,22,24)(H,23,25). The summed E-state index contributed by atoms with van der Waals surface area (Å²) in [7, 11) is 0. The first-order chi connectivity index (χ1) is 11.9. The third kappa shape index (κ3) is 5.35. The number of nitrogens with one attached hydrogen (secondary N) is 3. The van der Waals surface area contributed by atoms with Gasteiger partial charge in [-0.15, -0.1) is 0 Å². The molecule has 5 heteroatoms. The number of hydrogen-bond acceptors (Lipinski definition) is 3. The first kappa shape index (κ1) is 18.5. The van der Waals surface area contributed by atoms with Crippen LogP contribution in [0.5, 0.6) is 0 Å². The minimum atomic E-state index is -0.117. The molecule has 0 unspecified atom stereocenters. The molecule has 0 radical (unpaired) electrons. The van der Waals surface area contributed by atoms with Gasteiger partial charge in [-0.05, 0) is 55.7 Å². The smallest absolute Gasteiger partial charge is 0.243 e. The topological polar surface area (TPSA) is 70.2 Å². The highest BCUT2D eigenvalue weighted by Gasteiger charge is 2.07. The van der Waals surface area contributed by atoms with Crippen LogP contribution in [0.2, 0.25) is 0 Å². The molecule has 0 aliphatic carbocycles. The lowest BCUT2D eigenvalue weighted by atomic mass is 10.1. The quantitative estimate of drug-likeness (QED) is 0.745. The van der Waals surface area contributed by atoms with Gasteiger partial charge in [-0.2, -0.15) is 0 Å². The van der Waals surface area contributed by atoms with Crippen molar-refractivity contribution in [2.45, 2.75) is 34.1 Å². The van der Waals surface area contributed by atoms with E-state index in [9.17, 15) is 9.59 Å². The van der Waals surface area contributed by atoms with Gasteiger partial charge < -0.3 is 16.0 Å². The van der Waals surface area contributed by atoms with Gasteiger partial charge in [-0.1, -0.05) is 25.1 Å². The highest BCUT2D eigenvalue weighted by atomic mass is 16.2. The van der Waals surface area contributed by atoms with E-state index in [0.717, 1.165) is 33.8 Å². The Balaban J connectivity index is 1.98. The minimum Gasteiger partial charge on any atom is -0.376 e. The molecule has 0 aromatic heterocycles. The number of rotatable bonds is 6. The van der Waals surface area contributed by atoms with Crippen molar-refractivity contribution < 1.29 is 9.59 Å². The maximum absolute atomic E-state index is 12.2. The van der Waals surface area contributed by atoms with Crippen molar-refractivity contribution in [1.29, 1.82) is 0 Å². The van der Waals surface area contributed by atoms with Gasteiger partial charge in [0.15, 0.2) is 0 Å². The van der Waals surface area contributed by atoms with Gasteiger partial charge in [0.1, 0.15) is 0 Å². The second-order valence-corrected chi connectivity index (χ2v) is 6.15. The Morgan fingerprint density at radius 1 is 0.840 bits per heavy atom. The number of anilines is 3. The molecule has 132 valence electrons. The van der Waals surface area contributed by atoms with E-state index >= 15 is 0 Å². The Hall–Kier alpha value is -2.82. The summed E-state index contributed by atoms with van der Waals surface area (Å²) < 4.78 is 0. The highest BCUT2D eigenvalue weighted by Crippen LogP contribution is 2.21. The average Bonchev–Trinajstić information content (AvgIpc) is 2.58. The Bertz CT molecular complexity index is 785. The van der Waals surface area contributed by atoms with Crippen LogP contribution in [0, 0.1) is 20.8 Å². The largest absolute Gasteiger partial charge is 0.376 e. The molecule has 0 aliphatic rings. The summed E-state index contributed by atoms with van der Waals surface area (Å²) in [6.07, 6.45) is 0.426. The van der Waals surface area contributed by atoms with Crippen molar-refractivity contribution in [1.82, 2.24) is 0 Å². The summed E-state index contributed by atoms with van der Waals surface area (Å²) in [6, 6.07) is 11.6. The van der Waals surface area contributed by atoms with E-state index < -0.39 is 0 Å². The van der Waals surface area contributed by atoms with E-state index in [1.165, 1.54) is 0 Å². The monoisotopic (exact) mass is 339 g/mol. The zero-order valence-electron chi connectivity index (χ0n) is 15.2. The van der Waals surface area contributed by atoms with E-state index in [4.69, 9.17) is 0 Å². The number of carbonyl (C=O) groups is 2. The van der Waals surface area contributed by atoms with E-state index in [1.54, 1.807) is 0 Å². The van der Waals surface area contributed by atoms with Gasteiger partial charge >= 0.3 is 0 Å². The molecule has 0 heterocycles. The maximum Gasteiger partial charge on any atom is 0.243 e. The fourth-order valence-electron chi connectivity index (χ4n) is 2.35. The summed E-state index contributed by atoms with van der Waals surface area (Å²) in [5.74, 6) is -0.152. The molecule has 0 saturated heterocycles. The van der Waals surface area contributed by atoms with E-state index in [0.29, 0.717) is 6.42 Å². The van der Waals surface area contributed by atoms with Crippen LogP contribution in [0.25, 0.3) is 0 Å². The second kappa shape index (κ2) is 8.33. The molecule has 0 fully saturated rings. The molecule has 5 nitrogen and oxygen atoms in total. The van der Waals surface area contributed by atoms with Crippen molar-refractivity contribution in [3.05, 3.63) is 53.1 Å². The summed E-state index contributed by atoms with van der Waals surface area (Å²) in [5, 5.41) is 8.87. The summed E-state index contributed by atoms with van der Waals surface area (Å²) in [5.41, 5.74) is 5.47. The number of amides is 2. The summed E-state index contributed by atoms with van der Waals surface area (Å²) >= 11 is 0. The van der Waals surface area contributed by atoms with Crippen LogP contribution < -0.4 is 16.0 Å². The van der Waals surface area contributed by atoms with Crippen molar-refractivity contribution in [3.63, 3.8) is 0 Å². The minimum absolute atomic E-state index is 0.0343. The molecule has 2 amide bonds. The predicted molar refractivity (Wildman–Crippen MR) is 103 cm³/mol. The molecule has 2 aromatic carbocycles. The Morgan fingerprint density at radius 2 is 1.44 bits per heavy atom. The van der Waals surface area contributed by atoms with E-state index in [2.05, 4.69) is 16.0 Å². The maximum atomic E-state index is 12.2. The van der Waals surface area contributed by atoms with Gasteiger partial charge in [0.25, 0.3) is 0 Å². The highest BCUT2D eigenvalue weighted by molar-refractivity contribution is 5.95.